The summed E-state index contributed by atoms with van der Waals surface area (Å²) in [6.45, 7) is 3.55. The number of rotatable bonds is 6. The molecule has 3 aromatic heterocycles. The molecule has 1 aliphatic rings. The van der Waals surface area contributed by atoms with Crippen molar-refractivity contribution in [1.29, 1.82) is 0 Å². The molecule has 4 heterocycles. The van der Waals surface area contributed by atoms with E-state index in [1.165, 1.54) is 0 Å². The first kappa shape index (κ1) is 19.7. The number of para-hydroxylation sites is 1. The number of hydrogen-bond acceptors (Lipinski definition) is 7. The van der Waals surface area contributed by atoms with Crippen LogP contribution in [0, 0.1) is 0 Å². The van der Waals surface area contributed by atoms with E-state index in [1.54, 1.807) is 22.2 Å². The number of nitrogens with zero attached hydrogens (tertiary/aromatic N) is 6. The van der Waals surface area contributed by atoms with Crippen LogP contribution >= 0.6 is 11.3 Å². The van der Waals surface area contributed by atoms with Crippen molar-refractivity contribution in [3.63, 3.8) is 0 Å². The predicted molar refractivity (Wildman–Crippen MR) is 117 cm³/mol. The van der Waals surface area contributed by atoms with Gasteiger partial charge in [0.1, 0.15) is 0 Å². The van der Waals surface area contributed by atoms with E-state index < -0.39 is 0 Å². The molecular formula is C22H22N6O2S. The summed E-state index contributed by atoms with van der Waals surface area (Å²) in [5.74, 6) is 1.37. The van der Waals surface area contributed by atoms with Gasteiger partial charge in [-0.05, 0) is 29.1 Å². The highest BCUT2D eigenvalue weighted by molar-refractivity contribution is 7.13. The van der Waals surface area contributed by atoms with Gasteiger partial charge in [-0.3, -0.25) is 9.69 Å². The summed E-state index contributed by atoms with van der Waals surface area (Å²) >= 11 is 1.59. The molecule has 8 nitrogen and oxygen atoms in total. The molecule has 0 unspecified atom stereocenters. The number of thiophene rings is 1. The molecule has 0 radical (unpaired) electrons. The summed E-state index contributed by atoms with van der Waals surface area (Å²) < 4.78 is 7.20. The zero-order valence-corrected chi connectivity index (χ0v) is 17.7. The van der Waals surface area contributed by atoms with Gasteiger partial charge in [-0.15, -0.1) is 11.3 Å². The van der Waals surface area contributed by atoms with Crippen molar-refractivity contribution in [2.45, 2.75) is 13.0 Å². The zero-order chi connectivity index (χ0) is 21.0. The number of piperazine rings is 1. The first-order valence-electron chi connectivity index (χ1n) is 10.2. The van der Waals surface area contributed by atoms with Gasteiger partial charge in [0.2, 0.25) is 17.6 Å². The van der Waals surface area contributed by atoms with Gasteiger partial charge in [-0.25, -0.2) is 4.68 Å². The van der Waals surface area contributed by atoms with Gasteiger partial charge in [-0.1, -0.05) is 29.4 Å². The molecule has 1 amide bonds. The largest absolute Gasteiger partial charge is 0.340 e. The van der Waals surface area contributed by atoms with E-state index in [4.69, 9.17) is 4.52 Å². The minimum Gasteiger partial charge on any atom is -0.340 e. The van der Waals surface area contributed by atoms with Crippen LogP contribution in [-0.2, 0) is 17.8 Å². The van der Waals surface area contributed by atoms with Crippen molar-refractivity contribution >= 4 is 17.2 Å². The number of amides is 1. The third-order valence-corrected chi connectivity index (χ3v) is 6.17. The van der Waals surface area contributed by atoms with E-state index >= 15 is 0 Å². The number of aromatic nitrogens is 4. The molecule has 0 atom stereocenters. The second-order valence-corrected chi connectivity index (χ2v) is 8.40. The molecule has 9 heteroatoms. The Balaban J connectivity index is 1.12. The van der Waals surface area contributed by atoms with Gasteiger partial charge in [-0.2, -0.15) is 10.1 Å². The zero-order valence-electron chi connectivity index (χ0n) is 16.9. The summed E-state index contributed by atoms with van der Waals surface area (Å²) in [4.78, 5) is 22.4. The number of carbonyl (C=O) groups excluding carboxylic acids is 1. The van der Waals surface area contributed by atoms with E-state index in [0.717, 1.165) is 29.2 Å². The van der Waals surface area contributed by atoms with Crippen LogP contribution in [0.1, 0.15) is 11.5 Å². The third-order valence-electron chi connectivity index (χ3n) is 5.31. The SMILES string of the molecule is O=C(Cc1cnn(-c2ccccc2)c1)N1CCN(Cc2nc(-c3cccs3)no2)CC1. The van der Waals surface area contributed by atoms with Crippen molar-refractivity contribution in [3.05, 3.63) is 71.7 Å². The molecule has 0 spiro atoms. The van der Waals surface area contributed by atoms with Crippen molar-refractivity contribution in [2.24, 2.45) is 0 Å². The van der Waals surface area contributed by atoms with Crippen molar-refractivity contribution in [2.75, 3.05) is 26.2 Å². The standard InChI is InChI=1S/C22H22N6O2S/c29-21(13-17-14-23-28(15-17)18-5-2-1-3-6-18)27-10-8-26(9-11-27)16-20-24-22(25-30-20)19-7-4-12-31-19/h1-7,12,14-15H,8-11,13,16H2. The summed E-state index contributed by atoms with van der Waals surface area (Å²) in [6, 6.07) is 13.8. The first-order valence-corrected chi connectivity index (χ1v) is 11.1. The normalized spacial score (nSPS) is 14.8. The predicted octanol–water partition coefficient (Wildman–Crippen LogP) is 2.87. The molecule has 1 saturated heterocycles. The van der Waals surface area contributed by atoms with Gasteiger partial charge >= 0.3 is 0 Å². The molecule has 0 N–H and O–H groups in total. The lowest BCUT2D eigenvalue weighted by molar-refractivity contribution is -0.132. The molecule has 0 saturated carbocycles. The Labute approximate surface area is 183 Å². The average Bonchev–Trinajstić information content (AvgIpc) is 3.57. The molecule has 5 rings (SSSR count). The lowest BCUT2D eigenvalue weighted by atomic mass is 10.2. The summed E-state index contributed by atoms with van der Waals surface area (Å²) in [7, 11) is 0. The summed E-state index contributed by atoms with van der Waals surface area (Å²) in [5.41, 5.74) is 1.90. The van der Waals surface area contributed by atoms with Crippen LogP contribution in [0.25, 0.3) is 16.4 Å². The molecular weight excluding hydrogens is 412 g/mol. The van der Waals surface area contributed by atoms with Crippen LogP contribution in [0.2, 0.25) is 0 Å². The lowest BCUT2D eigenvalue weighted by Gasteiger charge is -2.33. The topological polar surface area (TPSA) is 80.3 Å². The Bertz CT molecular complexity index is 1130. The van der Waals surface area contributed by atoms with E-state index in [-0.39, 0.29) is 5.91 Å². The van der Waals surface area contributed by atoms with Crippen molar-refractivity contribution in [3.8, 4) is 16.4 Å². The van der Waals surface area contributed by atoms with Crippen LogP contribution in [-0.4, -0.2) is 61.8 Å². The highest BCUT2D eigenvalue weighted by atomic mass is 32.1. The fourth-order valence-corrected chi connectivity index (χ4v) is 4.28. The number of benzene rings is 1. The van der Waals surface area contributed by atoms with Crippen LogP contribution in [0.15, 0.2) is 64.8 Å². The van der Waals surface area contributed by atoms with Gasteiger partial charge in [0.25, 0.3) is 0 Å². The fraction of sp³-hybridized carbons (Fsp3) is 0.273. The molecule has 1 aliphatic heterocycles. The van der Waals surface area contributed by atoms with E-state index in [1.807, 2.05) is 58.9 Å². The lowest BCUT2D eigenvalue weighted by Crippen LogP contribution is -2.48. The number of carbonyl (C=O) groups is 1. The molecule has 1 fully saturated rings. The van der Waals surface area contributed by atoms with Gasteiger partial charge < -0.3 is 9.42 Å². The molecule has 31 heavy (non-hydrogen) atoms. The van der Waals surface area contributed by atoms with Crippen molar-refractivity contribution < 1.29 is 9.32 Å². The first-order chi connectivity index (χ1) is 15.2. The van der Waals surface area contributed by atoms with Crippen LogP contribution in [0.4, 0.5) is 0 Å². The van der Waals surface area contributed by atoms with Gasteiger partial charge in [0, 0.05) is 32.4 Å². The van der Waals surface area contributed by atoms with E-state index in [2.05, 4.69) is 20.1 Å². The number of hydrogen-bond donors (Lipinski definition) is 0. The Morgan fingerprint density at radius 3 is 2.68 bits per heavy atom. The average molecular weight is 435 g/mol. The highest BCUT2D eigenvalue weighted by Gasteiger charge is 2.23. The smallest absolute Gasteiger partial charge is 0.241 e. The Morgan fingerprint density at radius 1 is 1.06 bits per heavy atom. The monoisotopic (exact) mass is 434 g/mol. The van der Waals surface area contributed by atoms with E-state index in [0.29, 0.717) is 37.8 Å². The second-order valence-electron chi connectivity index (χ2n) is 7.45. The minimum absolute atomic E-state index is 0.130. The van der Waals surface area contributed by atoms with Gasteiger partial charge in [0.05, 0.1) is 29.7 Å². The van der Waals surface area contributed by atoms with Crippen LogP contribution in [0.3, 0.4) is 0 Å². The van der Waals surface area contributed by atoms with Crippen LogP contribution in [0.5, 0.6) is 0 Å². The molecule has 0 bridgehead atoms. The van der Waals surface area contributed by atoms with Gasteiger partial charge in [0.15, 0.2) is 0 Å². The Morgan fingerprint density at radius 2 is 1.90 bits per heavy atom. The second kappa shape index (κ2) is 8.83. The van der Waals surface area contributed by atoms with Crippen LogP contribution < -0.4 is 0 Å². The summed E-state index contributed by atoms with van der Waals surface area (Å²) in [5, 5.41) is 10.4. The third kappa shape index (κ3) is 4.57. The Kier molecular flexibility index (Phi) is 5.59. The quantitative estimate of drug-likeness (QED) is 0.464. The molecule has 158 valence electrons. The molecule has 4 aromatic rings. The maximum atomic E-state index is 12.7. The van der Waals surface area contributed by atoms with Crippen molar-refractivity contribution in [1.82, 2.24) is 29.7 Å². The highest BCUT2D eigenvalue weighted by Crippen LogP contribution is 2.21. The molecule has 0 aliphatic carbocycles. The fourth-order valence-electron chi connectivity index (χ4n) is 3.63. The molecule has 1 aromatic carbocycles. The Hall–Kier alpha value is -3.30. The van der Waals surface area contributed by atoms with E-state index in [9.17, 15) is 4.79 Å². The maximum absolute atomic E-state index is 12.7. The minimum atomic E-state index is 0.130. The summed E-state index contributed by atoms with van der Waals surface area (Å²) in [6.07, 6.45) is 4.05. The maximum Gasteiger partial charge on any atom is 0.241 e.